The molecule has 1 rings (SSSR count). The maximum Gasteiger partial charge on any atom is 0.253 e. The zero-order valence-corrected chi connectivity index (χ0v) is 12.6. The van der Waals surface area contributed by atoms with E-state index in [2.05, 4.69) is 30.7 Å². The van der Waals surface area contributed by atoms with Gasteiger partial charge < -0.3 is 10.6 Å². The van der Waals surface area contributed by atoms with Gasteiger partial charge >= 0.3 is 0 Å². The molecule has 0 radical (unpaired) electrons. The Kier molecular flexibility index (Phi) is 5.08. The number of thioether (sulfide) groups is 1. The van der Waals surface area contributed by atoms with Gasteiger partial charge in [-0.15, -0.1) is 0 Å². The molecule has 0 saturated heterocycles. The van der Waals surface area contributed by atoms with Crippen LogP contribution in [0.3, 0.4) is 0 Å². The van der Waals surface area contributed by atoms with Gasteiger partial charge in [0.15, 0.2) is 0 Å². The average Bonchev–Trinajstić information content (AvgIpc) is 2.36. The molecule has 2 N–H and O–H groups in total. The van der Waals surface area contributed by atoms with Crippen molar-refractivity contribution in [2.24, 2.45) is 0 Å². The van der Waals surface area contributed by atoms with Crippen LogP contribution in [0.4, 0.5) is 5.69 Å². The fraction of sp³-hybridized carbons (Fsp3) is 0.500. The Morgan fingerprint density at radius 2 is 2.06 bits per heavy atom. The number of hydrogen-bond acceptors (Lipinski definition) is 3. The van der Waals surface area contributed by atoms with Crippen LogP contribution in [0.5, 0.6) is 0 Å². The molecule has 0 aromatic heterocycles. The third kappa shape index (κ3) is 3.95. The van der Waals surface area contributed by atoms with E-state index >= 15 is 0 Å². The van der Waals surface area contributed by atoms with Crippen LogP contribution in [0.1, 0.15) is 29.8 Å². The molecule has 0 aliphatic carbocycles. The van der Waals surface area contributed by atoms with E-state index in [9.17, 15) is 4.79 Å². The van der Waals surface area contributed by atoms with Gasteiger partial charge in [0.2, 0.25) is 0 Å². The predicted octanol–water partition coefficient (Wildman–Crippen LogP) is 2.91. The Hall–Kier alpha value is -1.16. The second-order valence-electron chi connectivity index (χ2n) is 4.95. The van der Waals surface area contributed by atoms with Gasteiger partial charge in [0.05, 0.1) is 5.56 Å². The van der Waals surface area contributed by atoms with Crippen LogP contribution in [-0.4, -0.2) is 30.5 Å². The van der Waals surface area contributed by atoms with Crippen LogP contribution in [0, 0.1) is 6.92 Å². The highest BCUT2D eigenvalue weighted by Gasteiger charge is 2.18. The number of rotatable bonds is 5. The molecule has 18 heavy (non-hydrogen) atoms. The monoisotopic (exact) mass is 266 g/mol. The molecule has 0 unspecified atom stereocenters. The van der Waals surface area contributed by atoms with Crippen molar-refractivity contribution in [2.75, 3.05) is 25.2 Å². The van der Waals surface area contributed by atoms with E-state index in [-0.39, 0.29) is 10.7 Å². The summed E-state index contributed by atoms with van der Waals surface area (Å²) in [6, 6.07) is 5.84. The van der Waals surface area contributed by atoms with E-state index in [4.69, 9.17) is 0 Å². The van der Waals surface area contributed by atoms with Crippen molar-refractivity contribution in [1.29, 1.82) is 0 Å². The van der Waals surface area contributed by atoms with E-state index in [0.29, 0.717) is 12.1 Å². The molecule has 0 atom stereocenters. The zero-order chi connectivity index (χ0) is 13.8. The Morgan fingerprint density at radius 1 is 1.39 bits per heavy atom. The molecule has 0 fully saturated rings. The van der Waals surface area contributed by atoms with Crippen molar-refractivity contribution in [3.05, 3.63) is 29.3 Å². The molecule has 0 heterocycles. The third-order valence-corrected chi connectivity index (χ3v) is 4.17. The van der Waals surface area contributed by atoms with Crippen molar-refractivity contribution >= 4 is 23.4 Å². The molecule has 1 aromatic rings. The lowest BCUT2D eigenvalue weighted by molar-refractivity contribution is 0.0951. The van der Waals surface area contributed by atoms with Crippen LogP contribution in [0.25, 0.3) is 0 Å². The van der Waals surface area contributed by atoms with Gasteiger partial charge in [0, 0.05) is 24.0 Å². The molecule has 3 nitrogen and oxygen atoms in total. The summed E-state index contributed by atoms with van der Waals surface area (Å²) in [7, 11) is 1.83. The Balaban J connectivity index is 2.81. The van der Waals surface area contributed by atoms with Crippen LogP contribution in [0.15, 0.2) is 18.2 Å². The summed E-state index contributed by atoms with van der Waals surface area (Å²) in [5.41, 5.74) is 2.65. The second-order valence-corrected chi connectivity index (χ2v) is 6.46. The van der Waals surface area contributed by atoms with Gasteiger partial charge in [-0.1, -0.05) is 11.6 Å². The minimum Gasteiger partial charge on any atom is -0.387 e. The average molecular weight is 266 g/mol. The molecule has 0 aliphatic heterocycles. The quantitative estimate of drug-likeness (QED) is 0.861. The largest absolute Gasteiger partial charge is 0.387 e. The minimum absolute atomic E-state index is 0.0230. The first-order valence-corrected chi connectivity index (χ1v) is 7.24. The molecule has 1 aromatic carbocycles. The van der Waals surface area contributed by atoms with Gasteiger partial charge in [-0.3, -0.25) is 4.79 Å². The molecule has 0 bridgehead atoms. The summed E-state index contributed by atoms with van der Waals surface area (Å²) in [5, 5.41) is 6.04. The van der Waals surface area contributed by atoms with Crippen LogP contribution >= 0.6 is 11.8 Å². The highest BCUT2D eigenvalue weighted by atomic mass is 32.2. The minimum atomic E-state index is -0.0230. The first-order chi connectivity index (χ1) is 8.39. The lowest BCUT2D eigenvalue weighted by atomic mass is 10.1. The number of amides is 1. The van der Waals surface area contributed by atoms with Gasteiger partial charge in [0.25, 0.3) is 5.91 Å². The van der Waals surface area contributed by atoms with Gasteiger partial charge in [-0.25, -0.2) is 0 Å². The van der Waals surface area contributed by atoms with E-state index in [0.717, 1.165) is 11.3 Å². The second kappa shape index (κ2) is 6.14. The van der Waals surface area contributed by atoms with Gasteiger partial charge in [-0.05, 0) is 39.2 Å². The molecule has 4 heteroatoms. The van der Waals surface area contributed by atoms with E-state index in [1.54, 1.807) is 11.8 Å². The molecule has 1 amide bonds. The number of hydrogen-bond donors (Lipinski definition) is 2. The lowest BCUT2D eigenvalue weighted by Gasteiger charge is -2.22. The molecular weight excluding hydrogens is 244 g/mol. The Labute approximate surface area is 114 Å². The third-order valence-electron chi connectivity index (χ3n) is 2.92. The van der Waals surface area contributed by atoms with E-state index < -0.39 is 0 Å². The van der Waals surface area contributed by atoms with Crippen LogP contribution in [-0.2, 0) is 0 Å². The number of carbonyl (C=O) groups excluding carboxylic acids is 1. The number of nitrogens with one attached hydrogen (secondary N) is 2. The van der Waals surface area contributed by atoms with Crippen molar-refractivity contribution < 1.29 is 4.79 Å². The summed E-state index contributed by atoms with van der Waals surface area (Å²) >= 11 is 1.75. The molecular formula is C14H22N2OS. The Bertz CT molecular complexity index is 430. The summed E-state index contributed by atoms with van der Waals surface area (Å²) in [4.78, 5) is 12.2. The van der Waals surface area contributed by atoms with Crippen molar-refractivity contribution in [1.82, 2.24) is 5.32 Å². The van der Waals surface area contributed by atoms with E-state index in [1.165, 1.54) is 0 Å². The predicted molar refractivity (Wildman–Crippen MR) is 80.7 cm³/mol. The maximum atomic E-state index is 12.2. The highest BCUT2D eigenvalue weighted by Crippen LogP contribution is 2.21. The van der Waals surface area contributed by atoms with Crippen LogP contribution in [0.2, 0.25) is 0 Å². The summed E-state index contributed by atoms with van der Waals surface area (Å²) in [6.07, 6.45) is 2.05. The van der Waals surface area contributed by atoms with Crippen LogP contribution < -0.4 is 10.6 Å². The topological polar surface area (TPSA) is 41.1 Å². The smallest absolute Gasteiger partial charge is 0.253 e. The van der Waals surface area contributed by atoms with E-state index in [1.807, 2.05) is 32.2 Å². The molecule has 0 aliphatic rings. The van der Waals surface area contributed by atoms with Gasteiger partial charge in [0.1, 0.15) is 0 Å². The fourth-order valence-corrected chi connectivity index (χ4v) is 1.74. The number of aryl methyl sites for hydroxylation is 1. The zero-order valence-electron chi connectivity index (χ0n) is 11.8. The van der Waals surface area contributed by atoms with Crippen molar-refractivity contribution in [2.45, 2.75) is 25.5 Å². The number of anilines is 1. The summed E-state index contributed by atoms with van der Waals surface area (Å²) < 4.78 is 0.0549. The highest BCUT2D eigenvalue weighted by molar-refractivity contribution is 7.99. The summed E-state index contributed by atoms with van der Waals surface area (Å²) in [5.74, 6) is -0.0230. The normalized spacial score (nSPS) is 11.2. The standard InChI is InChI=1S/C14H22N2OS/c1-10-6-7-12(15-4)11(8-10)13(17)16-9-14(2,3)18-5/h6-8,15H,9H2,1-5H3,(H,16,17). The fourth-order valence-electron chi connectivity index (χ4n) is 1.52. The lowest BCUT2D eigenvalue weighted by Crippen LogP contribution is -2.36. The van der Waals surface area contributed by atoms with Crippen molar-refractivity contribution in [3.63, 3.8) is 0 Å². The SMILES string of the molecule is CNc1ccc(C)cc1C(=O)NCC(C)(C)SC. The number of carbonyl (C=O) groups is 1. The number of benzene rings is 1. The molecule has 0 spiro atoms. The Morgan fingerprint density at radius 3 is 2.61 bits per heavy atom. The van der Waals surface area contributed by atoms with Gasteiger partial charge in [-0.2, -0.15) is 11.8 Å². The maximum absolute atomic E-state index is 12.2. The molecule has 100 valence electrons. The molecule has 0 saturated carbocycles. The summed E-state index contributed by atoms with van der Waals surface area (Å²) in [6.45, 7) is 6.88. The first-order valence-electron chi connectivity index (χ1n) is 6.01. The first kappa shape index (κ1) is 14.9. The van der Waals surface area contributed by atoms with Crippen molar-refractivity contribution in [3.8, 4) is 0 Å².